The van der Waals surface area contributed by atoms with Crippen molar-refractivity contribution < 1.29 is 19.4 Å². The van der Waals surface area contributed by atoms with Crippen LogP contribution in [0.15, 0.2) is 12.1 Å². The maximum absolute atomic E-state index is 12.8. The van der Waals surface area contributed by atoms with Crippen molar-refractivity contribution in [3.05, 3.63) is 23.3 Å². The van der Waals surface area contributed by atoms with E-state index in [0.29, 0.717) is 24.3 Å². The molecule has 2 aliphatic heterocycles. The first-order valence-corrected chi connectivity index (χ1v) is 9.94. The number of ether oxygens (including phenoxy) is 2. The van der Waals surface area contributed by atoms with Gasteiger partial charge in [0.05, 0.1) is 18.1 Å². The third-order valence-electron chi connectivity index (χ3n) is 7.76. The van der Waals surface area contributed by atoms with Gasteiger partial charge in [0, 0.05) is 24.6 Å². The van der Waals surface area contributed by atoms with E-state index in [2.05, 4.69) is 11.0 Å². The van der Waals surface area contributed by atoms with E-state index in [9.17, 15) is 9.90 Å². The molecule has 0 unspecified atom stereocenters. The molecule has 6 heteroatoms. The van der Waals surface area contributed by atoms with Gasteiger partial charge in [0.15, 0.2) is 23.4 Å². The van der Waals surface area contributed by atoms with Crippen LogP contribution in [0.3, 0.4) is 0 Å². The molecule has 4 atom stereocenters. The molecule has 0 radical (unpaired) electrons. The van der Waals surface area contributed by atoms with Crippen molar-refractivity contribution in [3.63, 3.8) is 0 Å². The second-order valence-corrected chi connectivity index (χ2v) is 8.90. The van der Waals surface area contributed by atoms with Gasteiger partial charge in [0.2, 0.25) is 0 Å². The van der Waals surface area contributed by atoms with Crippen LogP contribution in [0.5, 0.6) is 11.5 Å². The number of benzene rings is 1. The van der Waals surface area contributed by atoms with Gasteiger partial charge in [-0.15, -0.1) is 12.4 Å². The Labute approximate surface area is 165 Å². The van der Waals surface area contributed by atoms with Crippen LogP contribution < -0.4 is 9.47 Å². The Morgan fingerprint density at radius 3 is 2.89 bits per heavy atom. The monoisotopic (exact) mass is 391 g/mol. The quantitative estimate of drug-likeness (QED) is 0.856. The van der Waals surface area contributed by atoms with Crippen molar-refractivity contribution >= 4 is 18.2 Å². The van der Waals surface area contributed by atoms with Gasteiger partial charge in [-0.3, -0.25) is 9.69 Å². The molecule has 1 saturated heterocycles. The van der Waals surface area contributed by atoms with Gasteiger partial charge >= 0.3 is 0 Å². The second-order valence-electron chi connectivity index (χ2n) is 8.90. The summed E-state index contributed by atoms with van der Waals surface area (Å²) >= 11 is 0. The van der Waals surface area contributed by atoms with Crippen LogP contribution in [-0.2, 0) is 16.6 Å². The number of ketones is 1. The number of hydrogen-bond donors (Lipinski definition) is 1. The number of aliphatic hydroxyl groups is 1. The van der Waals surface area contributed by atoms with Crippen molar-refractivity contribution in [2.45, 2.75) is 61.7 Å². The number of carbonyl (C=O) groups is 1. The normalized spacial score (nSPS) is 38.7. The third-order valence-corrected chi connectivity index (χ3v) is 7.76. The minimum Gasteiger partial charge on any atom is -0.493 e. The van der Waals surface area contributed by atoms with Crippen LogP contribution >= 0.6 is 12.4 Å². The molecule has 5 nitrogen and oxygen atoms in total. The Balaban J connectivity index is 0.00000160. The molecule has 5 aliphatic rings. The average molecular weight is 392 g/mol. The molecule has 1 aromatic rings. The first-order chi connectivity index (χ1) is 12.6. The molecule has 3 aliphatic carbocycles. The number of piperidine rings is 1. The number of likely N-dealkylation sites (tertiary alicyclic amines) is 1. The van der Waals surface area contributed by atoms with Crippen LogP contribution in [0.1, 0.15) is 43.2 Å². The molecule has 3 fully saturated rings. The number of rotatable bonds is 3. The largest absolute Gasteiger partial charge is 0.493 e. The molecule has 1 N–H and O–H groups in total. The van der Waals surface area contributed by atoms with Crippen LogP contribution in [0.4, 0.5) is 0 Å². The van der Waals surface area contributed by atoms with E-state index in [1.165, 1.54) is 18.4 Å². The standard InChI is InChI=1S/C21H25NO4.ClH/c1-25-15-5-4-13-10-16-21(24)7-6-14(23)19-20(21,17(13)18(15)26-19)8-9-22(16)11-12-2-3-12;/h4-5,12,16,19,24H,2-3,6-11H2,1H3;1H/t16-,19+,20+,21-;/m1./s1. The highest BCUT2D eigenvalue weighted by atomic mass is 35.5. The Kier molecular flexibility index (Phi) is 3.70. The summed E-state index contributed by atoms with van der Waals surface area (Å²) in [5.41, 5.74) is 0.821. The molecular formula is C21H26ClNO4. The average Bonchev–Trinajstić information content (AvgIpc) is 3.37. The van der Waals surface area contributed by atoms with Crippen LogP contribution in [0.2, 0.25) is 0 Å². The van der Waals surface area contributed by atoms with E-state index in [-0.39, 0.29) is 24.2 Å². The molecule has 27 heavy (non-hydrogen) atoms. The highest BCUT2D eigenvalue weighted by molar-refractivity contribution is 5.90. The lowest BCUT2D eigenvalue weighted by Gasteiger charge is -2.62. The van der Waals surface area contributed by atoms with Crippen molar-refractivity contribution in [2.75, 3.05) is 20.2 Å². The van der Waals surface area contributed by atoms with Gasteiger partial charge in [-0.25, -0.2) is 0 Å². The summed E-state index contributed by atoms with van der Waals surface area (Å²) in [5, 5.41) is 12.1. The molecule has 2 bridgehead atoms. The van der Waals surface area contributed by atoms with Gasteiger partial charge < -0.3 is 14.6 Å². The molecule has 146 valence electrons. The number of hydrogen-bond acceptors (Lipinski definition) is 5. The molecule has 2 heterocycles. The summed E-state index contributed by atoms with van der Waals surface area (Å²) in [5.74, 6) is 2.32. The smallest absolute Gasteiger partial charge is 0.174 e. The lowest BCUT2D eigenvalue weighted by molar-refractivity contribution is -0.188. The minimum absolute atomic E-state index is 0. The fraction of sp³-hybridized carbons (Fsp3) is 0.667. The SMILES string of the molecule is COc1ccc2c3c1O[C@H]1C(=O)CC[C@@]4(O)[C@@H](C2)N(CC2CC2)CC[C@]314.Cl. The van der Waals surface area contributed by atoms with E-state index < -0.39 is 17.1 Å². The Morgan fingerprint density at radius 2 is 2.15 bits per heavy atom. The lowest BCUT2D eigenvalue weighted by atomic mass is 9.49. The number of carbonyl (C=O) groups excluding carboxylic acids is 1. The summed E-state index contributed by atoms with van der Waals surface area (Å²) in [4.78, 5) is 15.4. The Hall–Kier alpha value is -1.30. The van der Waals surface area contributed by atoms with Crippen molar-refractivity contribution in [1.29, 1.82) is 0 Å². The van der Waals surface area contributed by atoms with Gasteiger partial charge in [0.25, 0.3) is 0 Å². The first kappa shape index (κ1) is 17.8. The van der Waals surface area contributed by atoms with E-state index in [4.69, 9.17) is 9.47 Å². The Bertz CT molecular complexity index is 825. The molecule has 0 aromatic heterocycles. The molecule has 2 saturated carbocycles. The third kappa shape index (κ3) is 2.00. The number of Topliss-reactive ketones (excluding diaryl/α,β-unsaturated/α-hetero) is 1. The summed E-state index contributed by atoms with van der Waals surface area (Å²) in [6.07, 6.45) is 4.65. The molecule has 1 aromatic carbocycles. The molecule has 6 rings (SSSR count). The van der Waals surface area contributed by atoms with Crippen molar-refractivity contribution in [2.24, 2.45) is 5.92 Å². The minimum atomic E-state index is -0.886. The van der Waals surface area contributed by atoms with Crippen LogP contribution in [0, 0.1) is 5.92 Å². The highest BCUT2D eigenvalue weighted by Gasteiger charge is 2.73. The van der Waals surface area contributed by atoms with E-state index >= 15 is 0 Å². The number of nitrogens with zero attached hydrogens (tertiary/aromatic N) is 1. The molecule has 1 spiro atoms. The number of halogens is 1. The summed E-state index contributed by atoms with van der Waals surface area (Å²) < 4.78 is 11.8. The van der Waals surface area contributed by atoms with Crippen LogP contribution in [0.25, 0.3) is 0 Å². The summed E-state index contributed by atoms with van der Waals surface area (Å²) in [6.45, 7) is 2.02. The zero-order chi connectivity index (χ0) is 17.7. The predicted molar refractivity (Wildman–Crippen MR) is 102 cm³/mol. The molecular weight excluding hydrogens is 366 g/mol. The Morgan fingerprint density at radius 1 is 1.33 bits per heavy atom. The number of methoxy groups -OCH3 is 1. The second kappa shape index (κ2) is 5.62. The van der Waals surface area contributed by atoms with E-state index in [0.717, 1.165) is 37.4 Å². The fourth-order valence-corrected chi connectivity index (χ4v) is 6.41. The zero-order valence-electron chi connectivity index (χ0n) is 15.6. The predicted octanol–water partition coefficient (Wildman–Crippen LogP) is 2.25. The van der Waals surface area contributed by atoms with Crippen LogP contribution in [-0.4, -0.2) is 53.7 Å². The van der Waals surface area contributed by atoms with E-state index in [1.807, 2.05) is 6.07 Å². The fourth-order valence-electron chi connectivity index (χ4n) is 6.41. The van der Waals surface area contributed by atoms with E-state index in [1.54, 1.807) is 7.11 Å². The summed E-state index contributed by atoms with van der Waals surface area (Å²) in [7, 11) is 1.64. The van der Waals surface area contributed by atoms with Crippen molar-refractivity contribution in [1.82, 2.24) is 4.90 Å². The van der Waals surface area contributed by atoms with Crippen molar-refractivity contribution in [3.8, 4) is 11.5 Å². The van der Waals surface area contributed by atoms with Gasteiger partial charge in [-0.05, 0) is 56.2 Å². The maximum atomic E-state index is 12.8. The van der Waals surface area contributed by atoms with Gasteiger partial charge in [-0.1, -0.05) is 6.07 Å². The maximum Gasteiger partial charge on any atom is 0.174 e. The highest BCUT2D eigenvalue weighted by Crippen LogP contribution is 2.65. The summed E-state index contributed by atoms with van der Waals surface area (Å²) in [6, 6.07) is 4.16. The van der Waals surface area contributed by atoms with Gasteiger partial charge in [-0.2, -0.15) is 0 Å². The van der Waals surface area contributed by atoms with Gasteiger partial charge in [0.1, 0.15) is 0 Å². The molecule has 0 amide bonds. The lowest BCUT2D eigenvalue weighted by Crippen LogP contribution is -2.76. The topological polar surface area (TPSA) is 59.0 Å². The first-order valence-electron chi connectivity index (χ1n) is 9.94. The zero-order valence-corrected chi connectivity index (χ0v) is 16.4.